The van der Waals surface area contributed by atoms with Crippen molar-refractivity contribution in [1.82, 2.24) is 0 Å². The van der Waals surface area contributed by atoms with Crippen molar-refractivity contribution in [3.63, 3.8) is 0 Å². The molecule has 4 unspecified atom stereocenters. The van der Waals surface area contributed by atoms with E-state index in [2.05, 4.69) is 0 Å². The molecular weight excluding hydrogens is 264 g/mol. The normalized spacial score (nSPS) is 25.7. The molecule has 0 aromatic carbocycles. The lowest BCUT2D eigenvalue weighted by Crippen LogP contribution is -2.24. The minimum atomic E-state index is -0.219. The molecule has 1 aliphatic rings. The van der Waals surface area contributed by atoms with Gasteiger partial charge in [-0.25, -0.2) is 0 Å². The van der Waals surface area contributed by atoms with Gasteiger partial charge in [-0.1, -0.05) is 13.8 Å². The summed E-state index contributed by atoms with van der Waals surface area (Å²) in [4.78, 5) is 23.7. The first kappa shape index (κ1) is 16.3. The van der Waals surface area contributed by atoms with Gasteiger partial charge in [0.05, 0.1) is 12.2 Å². The van der Waals surface area contributed by atoms with E-state index >= 15 is 0 Å². The van der Waals surface area contributed by atoms with Crippen molar-refractivity contribution in [3.8, 4) is 0 Å². The number of hydrogen-bond donors (Lipinski definition) is 0. The van der Waals surface area contributed by atoms with Gasteiger partial charge in [0.15, 0.2) is 0 Å². The fraction of sp³-hybridized carbons (Fsp3) is 0.857. The number of hydrogen-bond acceptors (Lipinski definition) is 5. The minimum Gasteiger partial charge on any atom is -0.462 e. The van der Waals surface area contributed by atoms with Gasteiger partial charge in [-0.3, -0.25) is 9.59 Å². The zero-order chi connectivity index (χ0) is 14.4. The molecule has 1 saturated heterocycles. The molecule has 1 aliphatic heterocycles. The van der Waals surface area contributed by atoms with E-state index in [9.17, 15) is 9.59 Å². The summed E-state index contributed by atoms with van der Waals surface area (Å²) < 4.78 is 10.6. The second-order valence-electron chi connectivity index (χ2n) is 5.00. The van der Waals surface area contributed by atoms with Crippen molar-refractivity contribution in [2.24, 2.45) is 0 Å². The number of ether oxygens (including phenoxy) is 2. The zero-order valence-corrected chi connectivity index (χ0v) is 13.0. The maximum Gasteiger partial charge on any atom is 0.319 e. The molecule has 1 fully saturated rings. The van der Waals surface area contributed by atoms with Crippen LogP contribution >= 0.6 is 11.8 Å². The van der Waals surface area contributed by atoms with Crippen LogP contribution in [0.4, 0.5) is 0 Å². The molecule has 4 atom stereocenters. The monoisotopic (exact) mass is 288 g/mol. The van der Waals surface area contributed by atoms with Crippen LogP contribution in [-0.2, 0) is 19.1 Å². The molecule has 0 aromatic rings. The first-order valence-corrected chi connectivity index (χ1v) is 7.98. The van der Waals surface area contributed by atoms with E-state index in [1.54, 1.807) is 0 Å². The highest BCUT2D eigenvalue weighted by Gasteiger charge is 2.37. The molecule has 0 amide bonds. The van der Waals surface area contributed by atoms with E-state index in [-0.39, 0.29) is 34.6 Å². The minimum absolute atomic E-state index is 0.0563. The van der Waals surface area contributed by atoms with Gasteiger partial charge in [-0.05, 0) is 39.5 Å². The highest BCUT2D eigenvalue weighted by Crippen LogP contribution is 2.35. The second-order valence-corrected chi connectivity index (χ2v) is 6.41. The third-order valence-electron chi connectivity index (χ3n) is 3.33. The molecule has 0 bridgehead atoms. The molecule has 0 aliphatic carbocycles. The number of thioether (sulfide) groups is 1. The summed E-state index contributed by atoms with van der Waals surface area (Å²) in [5.74, 6) is -0.392. The Morgan fingerprint density at radius 3 is 1.68 bits per heavy atom. The van der Waals surface area contributed by atoms with Gasteiger partial charge < -0.3 is 9.47 Å². The fourth-order valence-corrected chi connectivity index (χ4v) is 2.97. The van der Waals surface area contributed by atoms with E-state index in [1.807, 2.05) is 27.7 Å². The third-order valence-corrected chi connectivity index (χ3v) is 4.84. The van der Waals surface area contributed by atoms with Gasteiger partial charge in [0.1, 0.15) is 10.5 Å². The Hall–Kier alpha value is -0.710. The summed E-state index contributed by atoms with van der Waals surface area (Å²) in [5, 5.41) is -0.438. The van der Waals surface area contributed by atoms with Crippen molar-refractivity contribution in [2.75, 3.05) is 0 Å². The van der Waals surface area contributed by atoms with Crippen LogP contribution in [0.3, 0.4) is 0 Å². The van der Waals surface area contributed by atoms with Crippen LogP contribution in [0.25, 0.3) is 0 Å². The summed E-state index contributed by atoms with van der Waals surface area (Å²) >= 11 is 1.38. The van der Waals surface area contributed by atoms with Gasteiger partial charge in [0.25, 0.3) is 0 Å². The Morgan fingerprint density at radius 2 is 1.37 bits per heavy atom. The van der Waals surface area contributed by atoms with Crippen LogP contribution in [-0.4, -0.2) is 34.6 Å². The second kappa shape index (κ2) is 7.78. The maximum atomic E-state index is 11.9. The van der Waals surface area contributed by atoms with Crippen LogP contribution in [0.2, 0.25) is 0 Å². The zero-order valence-electron chi connectivity index (χ0n) is 12.2. The van der Waals surface area contributed by atoms with Crippen LogP contribution in [0.1, 0.15) is 53.4 Å². The molecule has 1 rings (SSSR count). The topological polar surface area (TPSA) is 52.6 Å². The Kier molecular flexibility index (Phi) is 6.69. The summed E-state index contributed by atoms with van der Waals surface area (Å²) in [5.41, 5.74) is 0. The molecule has 4 nitrogen and oxygen atoms in total. The molecule has 1 heterocycles. The van der Waals surface area contributed by atoms with Crippen molar-refractivity contribution in [3.05, 3.63) is 0 Å². The Bertz CT molecular complexity index is 289. The van der Waals surface area contributed by atoms with E-state index in [4.69, 9.17) is 9.47 Å². The largest absolute Gasteiger partial charge is 0.462 e. The van der Waals surface area contributed by atoms with E-state index in [1.165, 1.54) is 11.8 Å². The molecule has 0 aromatic heterocycles. The van der Waals surface area contributed by atoms with Crippen molar-refractivity contribution in [1.29, 1.82) is 0 Å². The van der Waals surface area contributed by atoms with Gasteiger partial charge in [-0.15, -0.1) is 11.8 Å². The quantitative estimate of drug-likeness (QED) is 0.703. The van der Waals surface area contributed by atoms with Crippen LogP contribution < -0.4 is 0 Å². The lowest BCUT2D eigenvalue weighted by atomic mass is 10.2. The first-order chi connectivity index (χ1) is 8.97. The van der Waals surface area contributed by atoms with Gasteiger partial charge >= 0.3 is 11.9 Å². The molecule has 19 heavy (non-hydrogen) atoms. The molecule has 0 N–H and O–H groups in total. The lowest BCUT2D eigenvalue weighted by molar-refractivity contribution is -0.148. The Labute approximate surface area is 119 Å². The molecular formula is C14H24O4S. The molecule has 110 valence electrons. The molecule has 0 saturated carbocycles. The molecule has 5 heteroatoms. The fourth-order valence-electron chi connectivity index (χ4n) is 1.70. The number of carbonyl (C=O) groups excluding carboxylic acids is 2. The van der Waals surface area contributed by atoms with Gasteiger partial charge in [0, 0.05) is 0 Å². The highest BCUT2D eigenvalue weighted by molar-refractivity contribution is 8.02. The van der Waals surface area contributed by atoms with Crippen molar-refractivity contribution < 1.29 is 19.1 Å². The third kappa shape index (κ3) is 5.05. The van der Waals surface area contributed by atoms with Crippen molar-refractivity contribution in [2.45, 2.75) is 76.1 Å². The summed E-state index contributed by atoms with van der Waals surface area (Å²) in [6.45, 7) is 7.72. The number of esters is 2. The predicted molar refractivity (Wildman–Crippen MR) is 76.1 cm³/mol. The number of carbonyl (C=O) groups is 2. The maximum absolute atomic E-state index is 11.9. The summed E-state index contributed by atoms with van der Waals surface area (Å²) in [7, 11) is 0. The van der Waals surface area contributed by atoms with Crippen molar-refractivity contribution >= 4 is 23.7 Å². The standard InChI is InChI=1S/C14H24O4S/c1-5-9(3)17-13(15)11-7-8-12(19-11)14(16)18-10(4)6-2/h9-12H,5-8H2,1-4H3. The van der Waals surface area contributed by atoms with Gasteiger partial charge in [0.2, 0.25) is 0 Å². The summed E-state index contributed by atoms with van der Waals surface area (Å²) in [6, 6.07) is 0. The van der Waals surface area contributed by atoms with E-state index in [0.717, 1.165) is 12.8 Å². The average Bonchev–Trinajstić information content (AvgIpc) is 2.87. The first-order valence-electron chi connectivity index (χ1n) is 7.04. The SMILES string of the molecule is CCC(C)OC(=O)C1CCC(C(=O)OC(C)CC)S1. The average molecular weight is 288 g/mol. The highest BCUT2D eigenvalue weighted by atomic mass is 32.2. The lowest BCUT2D eigenvalue weighted by Gasteiger charge is -2.16. The van der Waals surface area contributed by atoms with E-state index < -0.39 is 0 Å². The van der Waals surface area contributed by atoms with Crippen LogP contribution in [0.5, 0.6) is 0 Å². The smallest absolute Gasteiger partial charge is 0.319 e. The Morgan fingerprint density at radius 1 is 1.00 bits per heavy atom. The Balaban J connectivity index is 2.40. The number of rotatable bonds is 6. The predicted octanol–water partition coefficient (Wildman–Crippen LogP) is 2.93. The van der Waals surface area contributed by atoms with Crippen LogP contribution in [0, 0.1) is 0 Å². The van der Waals surface area contributed by atoms with Gasteiger partial charge in [-0.2, -0.15) is 0 Å². The van der Waals surface area contributed by atoms with E-state index in [0.29, 0.717) is 12.8 Å². The molecule has 0 radical (unpaired) electrons. The summed E-state index contributed by atoms with van der Waals surface area (Å²) in [6.07, 6.45) is 2.89. The molecule has 0 spiro atoms. The van der Waals surface area contributed by atoms with Crippen LogP contribution in [0.15, 0.2) is 0 Å².